The predicted octanol–water partition coefficient (Wildman–Crippen LogP) is 4.56. The van der Waals surface area contributed by atoms with E-state index < -0.39 is 0 Å². The Morgan fingerprint density at radius 2 is 1.53 bits per heavy atom. The lowest BCUT2D eigenvalue weighted by Gasteiger charge is -2.23. The summed E-state index contributed by atoms with van der Waals surface area (Å²) in [6.07, 6.45) is 1.80. The van der Waals surface area contributed by atoms with Gasteiger partial charge >= 0.3 is 0 Å². The fraction of sp³-hybridized carbons (Fsp3) is 0.647. The van der Waals surface area contributed by atoms with Crippen molar-refractivity contribution in [2.24, 2.45) is 5.92 Å². The standard InChI is InChI=1S/C17H28O2/c1-7-14(8-2)16(18)15-9-12(5)17(13(6)10-15)19-11(3)4/h9-11,14,16,18H,7-8H2,1-6H3. The second-order valence-corrected chi connectivity index (χ2v) is 5.67. The minimum atomic E-state index is -0.375. The number of hydrogen-bond acceptors (Lipinski definition) is 2. The monoisotopic (exact) mass is 264 g/mol. The normalized spacial score (nSPS) is 13.1. The van der Waals surface area contributed by atoms with E-state index in [1.807, 2.05) is 27.7 Å². The first kappa shape index (κ1) is 16.0. The first-order valence-corrected chi connectivity index (χ1v) is 7.36. The van der Waals surface area contributed by atoms with E-state index in [1.54, 1.807) is 0 Å². The van der Waals surface area contributed by atoms with Crippen LogP contribution in [0.3, 0.4) is 0 Å². The number of ether oxygens (including phenoxy) is 1. The first-order valence-electron chi connectivity index (χ1n) is 7.36. The zero-order valence-electron chi connectivity index (χ0n) is 13.2. The molecule has 0 saturated heterocycles. The molecule has 0 aliphatic rings. The fourth-order valence-corrected chi connectivity index (χ4v) is 2.58. The highest BCUT2D eigenvalue weighted by Gasteiger charge is 2.19. The Morgan fingerprint density at radius 1 is 1.05 bits per heavy atom. The van der Waals surface area contributed by atoms with Crippen LogP contribution in [0, 0.1) is 19.8 Å². The average molecular weight is 264 g/mol. The summed E-state index contributed by atoms with van der Waals surface area (Å²) >= 11 is 0. The second kappa shape index (κ2) is 6.95. The second-order valence-electron chi connectivity index (χ2n) is 5.67. The molecule has 0 spiro atoms. The Balaban J connectivity index is 3.06. The molecule has 2 heteroatoms. The van der Waals surface area contributed by atoms with Crippen molar-refractivity contribution >= 4 is 0 Å². The van der Waals surface area contributed by atoms with Crippen molar-refractivity contribution in [1.29, 1.82) is 0 Å². The maximum atomic E-state index is 10.5. The third-order valence-corrected chi connectivity index (χ3v) is 3.67. The number of aliphatic hydroxyl groups excluding tert-OH is 1. The largest absolute Gasteiger partial charge is 0.490 e. The van der Waals surface area contributed by atoms with Gasteiger partial charge in [0, 0.05) is 0 Å². The van der Waals surface area contributed by atoms with E-state index >= 15 is 0 Å². The van der Waals surface area contributed by atoms with Crippen LogP contribution in [0.5, 0.6) is 5.75 Å². The molecule has 0 bridgehead atoms. The molecular formula is C17H28O2. The van der Waals surface area contributed by atoms with Crippen molar-refractivity contribution in [2.75, 3.05) is 0 Å². The predicted molar refractivity (Wildman–Crippen MR) is 80.7 cm³/mol. The third kappa shape index (κ3) is 3.97. The zero-order valence-corrected chi connectivity index (χ0v) is 13.2. The van der Waals surface area contributed by atoms with Gasteiger partial charge in [0.15, 0.2) is 0 Å². The molecule has 1 rings (SSSR count). The van der Waals surface area contributed by atoms with Gasteiger partial charge in [0.2, 0.25) is 0 Å². The molecule has 1 N–H and O–H groups in total. The van der Waals surface area contributed by atoms with Gasteiger partial charge in [-0.05, 0) is 62.4 Å². The lowest BCUT2D eigenvalue weighted by molar-refractivity contribution is 0.103. The quantitative estimate of drug-likeness (QED) is 0.816. The molecule has 108 valence electrons. The molecule has 0 aliphatic carbocycles. The molecule has 1 aromatic carbocycles. The maximum absolute atomic E-state index is 10.5. The summed E-state index contributed by atoms with van der Waals surface area (Å²) in [5.41, 5.74) is 3.22. The summed E-state index contributed by atoms with van der Waals surface area (Å²) in [5.74, 6) is 1.28. The molecule has 0 radical (unpaired) electrons. The summed E-state index contributed by atoms with van der Waals surface area (Å²) in [7, 11) is 0. The summed E-state index contributed by atoms with van der Waals surface area (Å²) in [6.45, 7) is 12.4. The number of hydrogen-bond donors (Lipinski definition) is 1. The van der Waals surface area contributed by atoms with Crippen molar-refractivity contribution in [1.82, 2.24) is 0 Å². The van der Waals surface area contributed by atoms with Gasteiger partial charge in [-0.3, -0.25) is 0 Å². The SMILES string of the molecule is CCC(CC)C(O)c1cc(C)c(OC(C)C)c(C)c1. The Labute approximate surface area is 117 Å². The van der Waals surface area contributed by atoms with Gasteiger partial charge < -0.3 is 9.84 Å². The number of aliphatic hydroxyl groups is 1. The fourth-order valence-electron chi connectivity index (χ4n) is 2.58. The Morgan fingerprint density at radius 3 is 1.89 bits per heavy atom. The molecule has 19 heavy (non-hydrogen) atoms. The van der Waals surface area contributed by atoms with E-state index in [4.69, 9.17) is 4.74 Å². The molecule has 1 aromatic rings. The Bertz CT molecular complexity index is 383. The van der Waals surface area contributed by atoms with Gasteiger partial charge in [-0.2, -0.15) is 0 Å². The van der Waals surface area contributed by atoms with Crippen LogP contribution in [0.1, 0.15) is 63.3 Å². The van der Waals surface area contributed by atoms with Gasteiger partial charge in [-0.15, -0.1) is 0 Å². The van der Waals surface area contributed by atoms with Crippen LogP contribution in [0.25, 0.3) is 0 Å². The number of aryl methyl sites for hydroxylation is 2. The van der Waals surface area contributed by atoms with Crippen LogP contribution in [0.2, 0.25) is 0 Å². The van der Waals surface area contributed by atoms with E-state index in [2.05, 4.69) is 26.0 Å². The van der Waals surface area contributed by atoms with Gasteiger partial charge in [0.05, 0.1) is 12.2 Å². The van der Waals surface area contributed by atoms with Crippen molar-refractivity contribution in [3.63, 3.8) is 0 Å². The Hall–Kier alpha value is -1.02. The highest BCUT2D eigenvalue weighted by molar-refractivity contribution is 5.44. The van der Waals surface area contributed by atoms with Crippen molar-refractivity contribution in [3.8, 4) is 5.75 Å². The van der Waals surface area contributed by atoms with Crippen LogP contribution in [0.4, 0.5) is 0 Å². The molecule has 0 aliphatic heterocycles. The van der Waals surface area contributed by atoms with Crippen LogP contribution in [-0.4, -0.2) is 11.2 Å². The lowest BCUT2D eigenvalue weighted by atomic mass is 9.89. The molecule has 0 heterocycles. The van der Waals surface area contributed by atoms with E-state index in [1.165, 1.54) is 0 Å². The molecule has 1 unspecified atom stereocenters. The van der Waals surface area contributed by atoms with Gasteiger partial charge in [0.1, 0.15) is 5.75 Å². The minimum absolute atomic E-state index is 0.173. The number of benzene rings is 1. The summed E-state index contributed by atoms with van der Waals surface area (Å²) < 4.78 is 5.84. The first-order chi connectivity index (χ1) is 8.90. The lowest BCUT2D eigenvalue weighted by Crippen LogP contribution is -2.13. The van der Waals surface area contributed by atoms with Gasteiger partial charge in [0.25, 0.3) is 0 Å². The van der Waals surface area contributed by atoms with Crippen LogP contribution in [0.15, 0.2) is 12.1 Å². The Kier molecular flexibility index (Phi) is 5.86. The maximum Gasteiger partial charge on any atom is 0.125 e. The topological polar surface area (TPSA) is 29.5 Å². The summed E-state index contributed by atoms with van der Waals surface area (Å²) in [5, 5.41) is 10.5. The zero-order chi connectivity index (χ0) is 14.6. The van der Waals surface area contributed by atoms with Crippen molar-refractivity contribution in [2.45, 2.75) is 66.6 Å². The molecule has 0 amide bonds. The third-order valence-electron chi connectivity index (χ3n) is 3.67. The summed E-state index contributed by atoms with van der Waals surface area (Å²) in [6, 6.07) is 4.13. The highest BCUT2D eigenvalue weighted by Crippen LogP contribution is 2.33. The smallest absolute Gasteiger partial charge is 0.125 e. The van der Waals surface area contributed by atoms with Crippen LogP contribution < -0.4 is 4.74 Å². The van der Waals surface area contributed by atoms with Gasteiger partial charge in [-0.1, -0.05) is 26.7 Å². The van der Waals surface area contributed by atoms with Crippen molar-refractivity contribution < 1.29 is 9.84 Å². The highest BCUT2D eigenvalue weighted by atomic mass is 16.5. The van der Waals surface area contributed by atoms with Crippen molar-refractivity contribution in [3.05, 3.63) is 28.8 Å². The van der Waals surface area contributed by atoms with Crippen LogP contribution >= 0.6 is 0 Å². The van der Waals surface area contributed by atoms with E-state index in [0.717, 1.165) is 35.3 Å². The molecule has 0 saturated carbocycles. The van der Waals surface area contributed by atoms with E-state index in [-0.39, 0.29) is 12.2 Å². The molecule has 1 atom stereocenters. The molecule has 2 nitrogen and oxygen atoms in total. The van der Waals surface area contributed by atoms with Gasteiger partial charge in [-0.25, -0.2) is 0 Å². The average Bonchev–Trinajstić information content (AvgIpc) is 2.34. The summed E-state index contributed by atoms with van der Waals surface area (Å²) in [4.78, 5) is 0. The van der Waals surface area contributed by atoms with Crippen LogP contribution in [-0.2, 0) is 0 Å². The molecular weight excluding hydrogens is 236 g/mol. The molecule has 0 aromatic heterocycles. The minimum Gasteiger partial charge on any atom is -0.490 e. The van der Waals surface area contributed by atoms with E-state index in [9.17, 15) is 5.11 Å². The molecule has 0 fully saturated rings. The van der Waals surface area contributed by atoms with E-state index in [0.29, 0.717) is 5.92 Å². The number of rotatable bonds is 6.